The van der Waals surface area contributed by atoms with E-state index in [1.807, 2.05) is 30.3 Å². The highest BCUT2D eigenvalue weighted by molar-refractivity contribution is 6.32. The predicted octanol–water partition coefficient (Wildman–Crippen LogP) is 4.41. The minimum absolute atomic E-state index is 0.0667. The molecule has 0 aliphatic carbocycles. The van der Waals surface area contributed by atoms with Crippen LogP contribution in [0.25, 0.3) is 22.6 Å². The maximum Gasteiger partial charge on any atom is 0.341 e. The van der Waals surface area contributed by atoms with Gasteiger partial charge in [-0.15, -0.1) is 0 Å². The molecule has 5 rings (SSSR count). The van der Waals surface area contributed by atoms with E-state index >= 15 is 0 Å². The molecule has 2 heterocycles. The van der Waals surface area contributed by atoms with Gasteiger partial charge in [0.15, 0.2) is 18.2 Å². The molecule has 13 heteroatoms. The number of carbonyl (C=O) groups is 3. The number of fused-ring (bicyclic) bond motifs is 1. The monoisotopic (exact) mass is 589 g/mol. The zero-order chi connectivity index (χ0) is 29.8. The molecule has 0 bridgehead atoms. The van der Waals surface area contributed by atoms with Crippen molar-refractivity contribution in [3.05, 3.63) is 88.9 Å². The van der Waals surface area contributed by atoms with E-state index in [0.717, 1.165) is 5.56 Å². The van der Waals surface area contributed by atoms with E-state index < -0.39 is 24.5 Å². The molecule has 3 N–H and O–H groups in total. The Morgan fingerprint density at radius 1 is 0.976 bits per heavy atom. The molecule has 0 aliphatic rings. The summed E-state index contributed by atoms with van der Waals surface area (Å²) in [6.45, 7) is -0.626. The number of carbonyl (C=O) groups excluding carboxylic acids is 1. The molecule has 42 heavy (non-hydrogen) atoms. The van der Waals surface area contributed by atoms with Gasteiger partial charge in [-0.2, -0.15) is 5.10 Å². The second-order valence-corrected chi connectivity index (χ2v) is 9.51. The van der Waals surface area contributed by atoms with Crippen molar-refractivity contribution < 1.29 is 34.1 Å². The third-order valence-electron chi connectivity index (χ3n) is 6.24. The van der Waals surface area contributed by atoms with E-state index in [4.69, 9.17) is 31.2 Å². The molecule has 12 nitrogen and oxygen atoms in total. The molecule has 5 aromatic rings. The van der Waals surface area contributed by atoms with Crippen LogP contribution in [0, 0.1) is 0 Å². The van der Waals surface area contributed by atoms with Crippen LogP contribution in [-0.4, -0.2) is 61.1 Å². The summed E-state index contributed by atoms with van der Waals surface area (Å²) in [5.41, 5.74) is 2.79. The van der Waals surface area contributed by atoms with Gasteiger partial charge in [0.2, 0.25) is 0 Å². The summed E-state index contributed by atoms with van der Waals surface area (Å²) in [5.74, 6) is -1.36. The van der Waals surface area contributed by atoms with Crippen molar-refractivity contribution in [2.45, 2.75) is 13.1 Å². The second kappa shape index (κ2) is 12.0. The molecule has 214 valence electrons. The van der Waals surface area contributed by atoms with Gasteiger partial charge in [0, 0.05) is 11.6 Å². The number of hydrogen-bond acceptors (Lipinski definition) is 7. The van der Waals surface area contributed by atoms with E-state index in [1.54, 1.807) is 40.6 Å². The van der Waals surface area contributed by atoms with Crippen molar-refractivity contribution in [1.82, 2.24) is 19.3 Å². The Bertz CT molecular complexity index is 1800. The third kappa shape index (κ3) is 6.18. The van der Waals surface area contributed by atoms with Crippen LogP contribution in [0.4, 0.5) is 5.82 Å². The summed E-state index contributed by atoms with van der Waals surface area (Å²) in [4.78, 5) is 40.4. The summed E-state index contributed by atoms with van der Waals surface area (Å²) in [6, 6.07) is 20.4. The number of carboxylic acid groups (broad SMARTS) is 2. The fourth-order valence-electron chi connectivity index (χ4n) is 4.34. The highest BCUT2D eigenvalue weighted by Crippen LogP contribution is 2.29. The lowest BCUT2D eigenvalue weighted by molar-refractivity contribution is -0.139. The number of imidazole rings is 1. The molecule has 3 aromatic carbocycles. The van der Waals surface area contributed by atoms with E-state index in [9.17, 15) is 19.5 Å². The van der Waals surface area contributed by atoms with Gasteiger partial charge in [-0.05, 0) is 48.0 Å². The number of para-hydroxylation sites is 2. The molecule has 0 saturated carbocycles. The number of nitrogens with zero attached hydrogens (tertiary/aromatic N) is 4. The Morgan fingerprint density at radius 3 is 2.43 bits per heavy atom. The number of amides is 1. The third-order valence-corrected chi connectivity index (χ3v) is 6.53. The van der Waals surface area contributed by atoms with Crippen LogP contribution >= 0.6 is 11.6 Å². The number of anilines is 1. The van der Waals surface area contributed by atoms with Crippen molar-refractivity contribution in [1.29, 1.82) is 0 Å². The number of aromatic nitrogens is 4. The van der Waals surface area contributed by atoms with E-state index in [0.29, 0.717) is 28.3 Å². The molecular formula is C29H24ClN5O7. The van der Waals surface area contributed by atoms with Crippen molar-refractivity contribution in [2.75, 3.05) is 19.0 Å². The molecule has 0 unspecified atom stereocenters. The van der Waals surface area contributed by atoms with Crippen LogP contribution in [0.1, 0.15) is 15.9 Å². The first-order chi connectivity index (χ1) is 20.2. The van der Waals surface area contributed by atoms with Gasteiger partial charge in [-0.25, -0.2) is 9.78 Å². The lowest BCUT2D eigenvalue weighted by Gasteiger charge is -2.10. The predicted molar refractivity (Wildman–Crippen MR) is 153 cm³/mol. The summed E-state index contributed by atoms with van der Waals surface area (Å²) >= 11 is 6.19. The maximum atomic E-state index is 13.1. The van der Waals surface area contributed by atoms with Crippen LogP contribution < -0.4 is 14.8 Å². The molecule has 1 amide bonds. The molecule has 0 atom stereocenters. The van der Waals surface area contributed by atoms with Crippen LogP contribution in [0.2, 0.25) is 5.02 Å². The average molecular weight is 590 g/mol. The van der Waals surface area contributed by atoms with Crippen molar-refractivity contribution in [3.8, 4) is 23.0 Å². The first-order valence-electron chi connectivity index (χ1n) is 12.6. The van der Waals surface area contributed by atoms with Gasteiger partial charge in [0.1, 0.15) is 23.7 Å². The quantitative estimate of drug-likeness (QED) is 0.203. The molecule has 0 spiro atoms. The number of nitrogens with one attached hydrogen (secondary N) is 1. The lowest BCUT2D eigenvalue weighted by Crippen LogP contribution is -2.14. The van der Waals surface area contributed by atoms with Gasteiger partial charge in [0.05, 0.1) is 29.7 Å². The first-order valence-corrected chi connectivity index (χ1v) is 12.9. The Labute approximate surface area is 243 Å². The number of rotatable bonds is 11. The number of methoxy groups -OCH3 is 1. The number of hydrogen-bond donors (Lipinski definition) is 3. The normalized spacial score (nSPS) is 10.9. The van der Waals surface area contributed by atoms with Crippen molar-refractivity contribution in [2.24, 2.45) is 0 Å². The SMILES string of the molecule is COc1ccc(Cn2nc(NC(=O)c3ccc(OCC(=O)O)c(Cl)c3)cc2-c2nc3ccccc3n2CC(=O)O)cc1. The molecule has 2 aromatic heterocycles. The summed E-state index contributed by atoms with van der Waals surface area (Å²) in [5, 5.41) is 25.9. The van der Waals surface area contributed by atoms with Crippen molar-refractivity contribution in [3.63, 3.8) is 0 Å². The van der Waals surface area contributed by atoms with E-state index in [2.05, 4.69) is 10.4 Å². The summed E-state index contributed by atoms with van der Waals surface area (Å²) in [7, 11) is 1.58. The number of aliphatic carboxylic acids is 2. The second-order valence-electron chi connectivity index (χ2n) is 9.11. The highest BCUT2D eigenvalue weighted by atomic mass is 35.5. The molecular weight excluding hydrogens is 566 g/mol. The summed E-state index contributed by atoms with van der Waals surface area (Å²) in [6.07, 6.45) is 0. The fraction of sp³-hybridized carbons (Fsp3) is 0.138. The van der Waals surface area contributed by atoms with E-state index in [-0.39, 0.29) is 35.2 Å². The zero-order valence-electron chi connectivity index (χ0n) is 22.2. The Balaban J connectivity index is 1.51. The molecule has 0 aliphatic heterocycles. The topological polar surface area (TPSA) is 158 Å². The summed E-state index contributed by atoms with van der Waals surface area (Å²) < 4.78 is 13.6. The number of benzene rings is 3. The number of carboxylic acids is 2. The Hall–Kier alpha value is -5.36. The Kier molecular flexibility index (Phi) is 8.07. The maximum absolute atomic E-state index is 13.1. The number of ether oxygens (including phenoxy) is 2. The smallest absolute Gasteiger partial charge is 0.341 e. The highest BCUT2D eigenvalue weighted by Gasteiger charge is 2.21. The van der Waals surface area contributed by atoms with Crippen LogP contribution in [0.3, 0.4) is 0 Å². The number of halogens is 1. The minimum atomic E-state index is -1.16. The van der Waals surface area contributed by atoms with Gasteiger partial charge in [-0.1, -0.05) is 35.9 Å². The van der Waals surface area contributed by atoms with Gasteiger partial charge in [0.25, 0.3) is 5.91 Å². The van der Waals surface area contributed by atoms with Gasteiger partial charge >= 0.3 is 11.9 Å². The minimum Gasteiger partial charge on any atom is -0.497 e. The van der Waals surface area contributed by atoms with Crippen LogP contribution in [-0.2, 0) is 22.7 Å². The van der Waals surface area contributed by atoms with Gasteiger partial charge in [-0.3, -0.25) is 14.3 Å². The van der Waals surface area contributed by atoms with Crippen molar-refractivity contribution >= 4 is 46.3 Å². The van der Waals surface area contributed by atoms with Crippen LogP contribution in [0.5, 0.6) is 11.5 Å². The average Bonchev–Trinajstić information content (AvgIpc) is 3.52. The lowest BCUT2D eigenvalue weighted by atomic mass is 10.2. The molecule has 0 fully saturated rings. The largest absolute Gasteiger partial charge is 0.497 e. The zero-order valence-corrected chi connectivity index (χ0v) is 22.9. The van der Waals surface area contributed by atoms with Gasteiger partial charge < -0.3 is 29.6 Å². The fourth-order valence-corrected chi connectivity index (χ4v) is 4.57. The van der Waals surface area contributed by atoms with E-state index in [1.165, 1.54) is 18.2 Å². The van der Waals surface area contributed by atoms with Crippen LogP contribution in [0.15, 0.2) is 72.8 Å². The molecule has 0 radical (unpaired) electrons. The first kappa shape index (κ1) is 28.2. The Morgan fingerprint density at radius 2 is 1.74 bits per heavy atom. The standard InChI is InChI=1S/C29H24ClN5O7/c1-41-19-9-6-17(7-10-19)14-35-23(28-31-21-4-2-3-5-22(21)34(28)15-26(36)37)13-25(33-35)32-29(40)18-8-11-24(20(30)12-18)42-16-27(38)39/h2-13H,14-16H2,1H3,(H,36,37)(H,38,39)(H,32,33,40). The molecule has 0 saturated heterocycles.